The summed E-state index contributed by atoms with van der Waals surface area (Å²) >= 11 is 6.38. The fraction of sp³-hybridized carbons (Fsp3) is 0.519. The standard InChI is InChI=1S/C27H30ClFN6O/c1-17-5-18(2)30-23(6-17)34-12-26(13-34)8-20(9-26)25-32-31-24-11-33(14-27(29)15-36-16-27)10-19-7-21(28)3-4-22(19)35(24)25/h3-7,20H,8-16H2,1-2H3. The molecule has 4 aliphatic rings. The molecule has 1 spiro atoms. The summed E-state index contributed by atoms with van der Waals surface area (Å²) in [6.45, 7) is 8.07. The maximum atomic E-state index is 14.9. The van der Waals surface area contributed by atoms with Gasteiger partial charge in [-0.3, -0.25) is 9.47 Å². The average Bonchev–Trinajstić information content (AvgIpc) is 3.06. The number of nitrogens with zero attached hydrogens (tertiary/aromatic N) is 6. The van der Waals surface area contributed by atoms with Crippen LogP contribution >= 0.6 is 11.6 Å². The second-order valence-corrected chi connectivity index (χ2v) is 11.9. The molecule has 188 valence electrons. The molecule has 0 bridgehead atoms. The molecule has 0 N–H and O–H groups in total. The summed E-state index contributed by atoms with van der Waals surface area (Å²) < 4.78 is 22.3. The van der Waals surface area contributed by atoms with Crippen molar-refractivity contribution in [3.8, 4) is 5.69 Å². The molecule has 0 amide bonds. The van der Waals surface area contributed by atoms with Gasteiger partial charge in [0, 0.05) is 48.2 Å². The van der Waals surface area contributed by atoms with Crippen LogP contribution in [0.4, 0.5) is 10.2 Å². The number of rotatable bonds is 4. The fourth-order valence-electron chi connectivity index (χ4n) is 6.62. The molecule has 2 aromatic heterocycles. The minimum atomic E-state index is -1.29. The van der Waals surface area contributed by atoms with Crippen molar-refractivity contribution in [2.45, 2.75) is 51.4 Å². The van der Waals surface area contributed by atoms with Crippen LogP contribution in [-0.4, -0.2) is 63.2 Å². The van der Waals surface area contributed by atoms with E-state index in [9.17, 15) is 4.39 Å². The van der Waals surface area contributed by atoms with Crippen LogP contribution in [0, 0.1) is 19.3 Å². The monoisotopic (exact) mass is 508 g/mol. The lowest BCUT2D eigenvalue weighted by Gasteiger charge is -2.59. The number of aromatic nitrogens is 4. The Labute approximate surface area is 215 Å². The van der Waals surface area contributed by atoms with Gasteiger partial charge in [-0.2, -0.15) is 0 Å². The lowest BCUT2D eigenvalue weighted by atomic mass is 9.57. The van der Waals surface area contributed by atoms with E-state index in [0.717, 1.165) is 60.3 Å². The number of ether oxygens (including phenoxy) is 1. The molecular weight excluding hydrogens is 479 g/mol. The Morgan fingerprint density at radius 1 is 1.08 bits per heavy atom. The van der Waals surface area contributed by atoms with Crippen LogP contribution in [0.5, 0.6) is 0 Å². The second-order valence-electron chi connectivity index (χ2n) is 11.5. The van der Waals surface area contributed by atoms with E-state index < -0.39 is 5.67 Å². The molecule has 0 atom stereocenters. The second kappa shape index (κ2) is 7.97. The number of hydrogen-bond acceptors (Lipinski definition) is 6. The molecule has 36 heavy (non-hydrogen) atoms. The van der Waals surface area contributed by atoms with Crippen molar-refractivity contribution >= 4 is 17.4 Å². The molecule has 3 aliphatic heterocycles. The van der Waals surface area contributed by atoms with E-state index in [1.165, 1.54) is 5.56 Å². The van der Waals surface area contributed by atoms with Crippen LogP contribution in [-0.2, 0) is 17.8 Å². The number of alkyl halides is 1. The first-order valence-corrected chi connectivity index (χ1v) is 13.1. The summed E-state index contributed by atoms with van der Waals surface area (Å²) in [6, 6.07) is 10.3. The van der Waals surface area contributed by atoms with E-state index in [4.69, 9.17) is 21.3 Å². The van der Waals surface area contributed by atoms with Gasteiger partial charge >= 0.3 is 0 Å². The van der Waals surface area contributed by atoms with Gasteiger partial charge < -0.3 is 9.64 Å². The molecular formula is C27H30ClFN6O. The van der Waals surface area contributed by atoms with Gasteiger partial charge in [-0.05, 0) is 68.1 Å². The van der Waals surface area contributed by atoms with Crippen molar-refractivity contribution in [1.82, 2.24) is 24.6 Å². The smallest absolute Gasteiger partial charge is 0.169 e. The zero-order valence-corrected chi connectivity index (χ0v) is 21.4. The third-order valence-corrected chi connectivity index (χ3v) is 8.44. The highest BCUT2D eigenvalue weighted by molar-refractivity contribution is 6.30. The minimum Gasteiger partial charge on any atom is -0.375 e. The van der Waals surface area contributed by atoms with Gasteiger partial charge in [-0.15, -0.1) is 10.2 Å². The summed E-state index contributed by atoms with van der Waals surface area (Å²) in [7, 11) is 0. The Morgan fingerprint density at radius 2 is 1.89 bits per heavy atom. The number of anilines is 1. The molecule has 0 radical (unpaired) electrons. The summed E-state index contributed by atoms with van der Waals surface area (Å²) in [6.07, 6.45) is 2.20. The first-order valence-electron chi connectivity index (χ1n) is 12.7. The van der Waals surface area contributed by atoms with Crippen LogP contribution in [0.3, 0.4) is 0 Å². The third-order valence-electron chi connectivity index (χ3n) is 8.21. The van der Waals surface area contributed by atoms with Gasteiger partial charge in [-0.25, -0.2) is 9.37 Å². The maximum Gasteiger partial charge on any atom is 0.169 e. The number of hydrogen-bond donors (Lipinski definition) is 0. The molecule has 9 heteroatoms. The molecule has 1 saturated carbocycles. The summed E-state index contributed by atoms with van der Waals surface area (Å²) in [4.78, 5) is 9.25. The maximum absolute atomic E-state index is 14.9. The molecule has 3 aromatic rings. The molecule has 1 aromatic carbocycles. The first-order chi connectivity index (χ1) is 17.3. The minimum absolute atomic E-state index is 0.155. The Balaban J connectivity index is 1.12. The molecule has 3 fully saturated rings. The largest absolute Gasteiger partial charge is 0.375 e. The predicted molar refractivity (Wildman–Crippen MR) is 135 cm³/mol. The molecule has 7 rings (SSSR count). The van der Waals surface area contributed by atoms with E-state index >= 15 is 0 Å². The number of fused-ring (bicyclic) bond motifs is 3. The van der Waals surface area contributed by atoms with E-state index in [-0.39, 0.29) is 13.2 Å². The lowest BCUT2D eigenvalue weighted by molar-refractivity contribution is -0.142. The van der Waals surface area contributed by atoms with Gasteiger partial charge in [0.2, 0.25) is 0 Å². The van der Waals surface area contributed by atoms with Crippen LogP contribution < -0.4 is 4.90 Å². The van der Waals surface area contributed by atoms with Gasteiger partial charge in [-0.1, -0.05) is 11.6 Å². The van der Waals surface area contributed by atoms with Gasteiger partial charge in [0.1, 0.15) is 11.6 Å². The van der Waals surface area contributed by atoms with E-state index in [0.29, 0.717) is 36.0 Å². The summed E-state index contributed by atoms with van der Waals surface area (Å²) in [5.74, 6) is 3.34. The van der Waals surface area contributed by atoms with E-state index in [1.54, 1.807) is 0 Å². The zero-order chi connectivity index (χ0) is 24.7. The zero-order valence-electron chi connectivity index (χ0n) is 20.7. The van der Waals surface area contributed by atoms with E-state index in [1.807, 2.05) is 12.1 Å². The van der Waals surface area contributed by atoms with Crippen molar-refractivity contribution in [3.63, 3.8) is 0 Å². The Morgan fingerprint density at radius 3 is 2.61 bits per heavy atom. The highest BCUT2D eigenvalue weighted by Gasteiger charge is 2.54. The first kappa shape index (κ1) is 22.6. The van der Waals surface area contributed by atoms with Crippen LogP contribution in [0.15, 0.2) is 30.3 Å². The van der Waals surface area contributed by atoms with Crippen LogP contribution in [0.2, 0.25) is 5.02 Å². The highest BCUT2D eigenvalue weighted by Crippen LogP contribution is 2.56. The van der Waals surface area contributed by atoms with Crippen LogP contribution in [0.1, 0.15) is 47.2 Å². The van der Waals surface area contributed by atoms with Crippen molar-refractivity contribution in [1.29, 1.82) is 0 Å². The Hall–Kier alpha value is -2.55. The lowest BCUT2D eigenvalue weighted by Crippen LogP contribution is -2.62. The number of halogens is 2. The van der Waals surface area contributed by atoms with Gasteiger partial charge in [0.15, 0.2) is 11.5 Å². The molecule has 1 aliphatic carbocycles. The van der Waals surface area contributed by atoms with Crippen LogP contribution in [0.25, 0.3) is 5.69 Å². The van der Waals surface area contributed by atoms with Crippen molar-refractivity contribution in [2.75, 3.05) is 37.7 Å². The van der Waals surface area contributed by atoms with E-state index in [2.05, 4.69) is 56.6 Å². The highest BCUT2D eigenvalue weighted by atomic mass is 35.5. The topological polar surface area (TPSA) is 59.3 Å². The number of benzene rings is 1. The summed E-state index contributed by atoms with van der Waals surface area (Å²) in [5.41, 5.74) is 3.51. The average molecular weight is 509 g/mol. The summed E-state index contributed by atoms with van der Waals surface area (Å²) in [5, 5.41) is 9.97. The van der Waals surface area contributed by atoms with Crippen molar-refractivity contribution in [3.05, 3.63) is 63.8 Å². The third kappa shape index (κ3) is 3.73. The number of pyridine rings is 1. The van der Waals surface area contributed by atoms with Gasteiger partial charge in [0.25, 0.3) is 0 Å². The Bertz CT molecular complexity index is 1320. The molecule has 2 saturated heterocycles. The van der Waals surface area contributed by atoms with Crippen molar-refractivity contribution in [2.24, 2.45) is 5.41 Å². The predicted octanol–water partition coefficient (Wildman–Crippen LogP) is 4.37. The quantitative estimate of drug-likeness (QED) is 0.521. The molecule has 5 heterocycles. The number of aryl methyl sites for hydroxylation is 2. The normalized spacial score (nSPS) is 22.3. The molecule has 7 nitrogen and oxygen atoms in total. The Kier molecular flexibility index (Phi) is 5.01. The van der Waals surface area contributed by atoms with Gasteiger partial charge in [0.05, 0.1) is 25.4 Å². The SMILES string of the molecule is Cc1cc(C)nc(N2CC3(CC(c4nnc5n4-c4ccc(Cl)cc4CN(CC4(F)COC4)C5)C3)C2)c1. The van der Waals surface area contributed by atoms with Crippen molar-refractivity contribution < 1.29 is 9.13 Å². The molecule has 0 unspecified atom stereocenters. The fourth-order valence-corrected chi connectivity index (χ4v) is 6.81.